The minimum atomic E-state index is -0.873. The van der Waals surface area contributed by atoms with Crippen molar-refractivity contribution in [3.63, 3.8) is 0 Å². The molecule has 1 heterocycles. The molecule has 106 valence electrons. The minimum Gasteiger partial charge on any atom is -0.480 e. The Morgan fingerprint density at radius 3 is 2.68 bits per heavy atom. The van der Waals surface area contributed by atoms with Crippen molar-refractivity contribution in [2.24, 2.45) is 11.8 Å². The van der Waals surface area contributed by atoms with E-state index in [4.69, 9.17) is 0 Å². The highest BCUT2D eigenvalue weighted by Crippen LogP contribution is 2.41. The molecule has 7 nitrogen and oxygen atoms in total. The fourth-order valence-corrected chi connectivity index (χ4v) is 3.31. The first-order valence-electron chi connectivity index (χ1n) is 6.51. The summed E-state index contributed by atoms with van der Waals surface area (Å²) in [6.45, 7) is 0.584. The summed E-state index contributed by atoms with van der Waals surface area (Å²) in [6.07, 6.45) is 3.01. The van der Waals surface area contributed by atoms with Crippen LogP contribution in [0.3, 0.4) is 0 Å². The first-order chi connectivity index (χ1) is 9.02. The van der Waals surface area contributed by atoms with Crippen molar-refractivity contribution >= 4 is 17.9 Å². The van der Waals surface area contributed by atoms with E-state index in [1.165, 1.54) is 7.05 Å². The molecule has 1 saturated heterocycles. The summed E-state index contributed by atoms with van der Waals surface area (Å²) < 4.78 is 0. The van der Waals surface area contributed by atoms with Gasteiger partial charge in [0.1, 0.15) is 6.04 Å². The number of aliphatic carboxylic acids is 1. The Morgan fingerprint density at radius 2 is 2.05 bits per heavy atom. The van der Waals surface area contributed by atoms with Crippen LogP contribution in [-0.4, -0.2) is 54.1 Å². The molecule has 19 heavy (non-hydrogen) atoms. The van der Waals surface area contributed by atoms with Crippen molar-refractivity contribution in [3.05, 3.63) is 0 Å². The van der Waals surface area contributed by atoms with Gasteiger partial charge in [-0.2, -0.15) is 0 Å². The minimum absolute atomic E-state index is 0.0443. The average molecular weight is 269 g/mol. The molecule has 0 aromatic heterocycles. The second-order valence-corrected chi connectivity index (χ2v) is 5.19. The molecule has 2 rings (SSSR count). The molecule has 3 amide bonds. The molecule has 2 aliphatic rings. The number of likely N-dealkylation sites (tertiary alicyclic amines) is 1. The van der Waals surface area contributed by atoms with Crippen molar-refractivity contribution in [2.75, 3.05) is 20.1 Å². The SMILES string of the molecule is CNC(=O)NC(=O)CN1CC2CCCC2C1C(=O)O. The summed E-state index contributed by atoms with van der Waals surface area (Å²) in [5.41, 5.74) is 0. The van der Waals surface area contributed by atoms with Gasteiger partial charge in [0.2, 0.25) is 5.91 Å². The number of carbonyl (C=O) groups is 3. The summed E-state index contributed by atoms with van der Waals surface area (Å²) in [5.74, 6) is -0.827. The number of rotatable bonds is 3. The molecule has 0 bridgehead atoms. The van der Waals surface area contributed by atoms with Gasteiger partial charge in [-0.15, -0.1) is 0 Å². The van der Waals surface area contributed by atoms with E-state index in [0.29, 0.717) is 12.5 Å². The van der Waals surface area contributed by atoms with E-state index in [1.54, 1.807) is 4.90 Å². The first-order valence-corrected chi connectivity index (χ1v) is 6.51. The number of nitrogens with one attached hydrogen (secondary N) is 2. The van der Waals surface area contributed by atoms with Crippen LogP contribution >= 0.6 is 0 Å². The Balaban J connectivity index is 1.97. The number of carboxylic acids is 1. The number of nitrogens with zero attached hydrogens (tertiary/aromatic N) is 1. The quantitative estimate of drug-likeness (QED) is 0.649. The Bertz CT molecular complexity index is 398. The molecule has 1 aliphatic carbocycles. The van der Waals surface area contributed by atoms with E-state index in [-0.39, 0.29) is 12.5 Å². The lowest BCUT2D eigenvalue weighted by atomic mass is 9.94. The van der Waals surface area contributed by atoms with Gasteiger partial charge >= 0.3 is 12.0 Å². The Morgan fingerprint density at radius 1 is 1.32 bits per heavy atom. The third kappa shape index (κ3) is 2.86. The number of carbonyl (C=O) groups excluding carboxylic acids is 2. The van der Waals surface area contributed by atoms with Crippen LogP contribution in [0.5, 0.6) is 0 Å². The first kappa shape index (κ1) is 13.8. The van der Waals surface area contributed by atoms with Crippen LogP contribution in [0.4, 0.5) is 4.79 Å². The number of urea groups is 1. The average Bonchev–Trinajstić information content (AvgIpc) is 2.87. The molecule has 7 heteroatoms. The summed E-state index contributed by atoms with van der Waals surface area (Å²) in [6, 6.07) is -1.17. The van der Waals surface area contributed by atoms with Gasteiger partial charge in [0.25, 0.3) is 0 Å². The van der Waals surface area contributed by atoms with Gasteiger partial charge in [0.15, 0.2) is 0 Å². The maximum atomic E-state index is 11.6. The fourth-order valence-electron chi connectivity index (χ4n) is 3.31. The Labute approximate surface area is 111 Å². The molecule has 0 aromatic rings. The number of fused-ring (bicyclic) bond motifs is 1. The predicted molar refractivity (Wildman–Crippen MR) is 66.4 cm³/mol. The van der Waals surface area contributed by atoms with Gasteiger partial charge in [-0.05, 0) is 24.7 Å². The molecule has 0 spiro atoms. The maximum Gasteiger partial charge on any atom is 0.321 e. The molecule has 1 saturated carbocycles. The largest absolute Gasteiger partial charge is 0.480 e. The summed E-state index contributed by atoms with van der Waals surface area (Å²) >= 11 is 0. The highest BCUT2D eigenvalue weighted by molar-refractivity contribution is 5.95. The van der Waals surface area contributed by atoms with Crippen molar-refractivity contribution in [1.29, 1.82) is 0 Å². The lowest BCUT2D eigenvalue weighted by Crippen LogP contribution is -2.47. The third-order valence-electron chi connectivity index (χ3n) is 4.07. The van der Waals surface area contributed by atoms with Crippen molar-refractivity contribution in [3.8, 4) is 0 Å². The summed E-state index contributed by atoms with van der Waals surface area (Å²) in [7, 11) is 1.42. The zero-order valence-corrected chi connectivity index (χ0v) is 10.9. The lowest BCUT2D eigenvalue weighted by Gasteiger charge is -2.23. The zero-order chi connectivity index (χ0) is 14.0. The number of carboxylic acid groups (broad SMARTS) is 1. The Kier molecular flexibility index (Phi) is 4.04. The molecular weight excluding hydrogens is 250 g/mol. The van der Waals surface area contributed by atoms with Crippen LogP contribution in [0, 0.1) is 11.8 Å². The third-order valence-corrected chi connectivity index (χ3v) is 4.07. The van der Waals surface area contributed by atoms with E-state index < -0.39 is 23.9 Å². The molecule has 3 N–H and O–H groups in total. The molecule has 0 radical (unpaired) electrons. The second kappa shape index (κ2) is 5.56. The lowest BCUT2D eigenvalue weighted by molar-refractivity contribution is -0.144. The second-order valence-electron chi connectivity index (χ2n) is 5.19. The number of imide groups is 1. The van der Waals surface area contributed by atoms with Crippen molar-refractivity contribution in [2.45, 2.75) is 25.3 Å². The van der Waals surface area contributed by atoms with Crippen LogP contribution in [-0.2, 0) is 9.59 Å². The van der Waals surface area contributed by atoms with Crippen LogP contribution < -0.4 is 10.6 Å². The van der Waals surface area contributed by atoms with Gasteiger partial charge in [0.05, 0.1) is 6.54 Å². The molecular formula is C12H19N3O4. The fraction of sp³-hybridized carbons (Fsp3) is 0.750. The van der Waals surface area contributed by atoms with E-state index in [2.05, 4.69) is 10.6 Å². The van der Waals surface area contributed by atoms with Gasteiger partial charge < -0.3 is 10.4 Å². The predicted octanol–water partition coefficient (Wildman–Crippen LogP) is -0.373. The topological polar surface area (TPSA) is 98.7 Å². The molecule has 3 atom stereocenters. The molecule has 1 aliphatic heterocycles. The van der Waals surface area contributed by atoms with Gasteiger partial charge in [-0.3, -0.25) is 19.8 Å². The number of hydrogen-bond donors (Lipinski definition) is 3. The van der Waals surface area contributed by atoms with Crippen molar-refractivity contribution in [1.82, 2.24) is 15.5 Å². The number of hydrogen-bond acceptors (Lipinski definition) is 4. The monoisotopic (exact) mass is 269 g/mol. The van der Waals surface area contributed by atoms with Gasteiger partial charge in [-0.1, -0.05) is 6.42 Å². The normalized spacial score (nSPS) is 29.8. The van der Waals surface area contributed by atoms with Crippen LogP contribution in [0.25, 0.3) is 0 Å². The van der Waals surface area contributed by atoms with Crippen LogP contribution in [0.2, 0.25) is 0 Å². The molecule has 2 fully saturated rings. The highest BCUT2D eigenvalue weighted by Gasteiger charge is 2.48. The smallest absolute Gasteiger partial charge is 0.321 e. The van der Waals surface area contributed by atoms with E-state index in [0.717, 1.165) is 19.3 Å². The highest BCUT2D eigenvalue weighted by atomic mass is 16.4. The summed E-state index contributed by atoms with van der Waals surface area (Å²) in [4.78, 5) is 35.7. The Hall–Kier alpha value is -1.63. The molecule has 0 aromatic carbocycles. The van der Waals surface area contributed by atoms with Crippen LogP contribution in [0.1, 0.15) is 19.3 Å². The van der Waals surface area contributed by atoms with Gasteiger partial charge in [-0.25, -0.2) is 4.79 Å². The zero-order valence-electron chi connectivity index (χ0n) is 10.9. The van der Waals surface area contributed by atoms with E-state index >= 15 is 0 Å². The standard InChI is InChI=1S/C12H19N3O4/c1-13-12(19)14-9(16)6-15-5-7-3-2-4-8(7)10(15)11(17)18/h7-8,10H,2-6H2,1H3,(H,17,18)(H2,13,14,16,19). The molecule has 3 unspecified atom stereocenters. The van der Waals surface area contributed by atoms with Crippen molar-refractivity contribution < 1.29 is 19.5 Å². The van der Waals surface area contributed by atoms with Crippen LogP contribution in [0.15, 0.2) is 0 Å². The maximum absolute atomic E-state index is 11.6. The summed E-state index contributed by atoms with van der Waals surface area (Å²) in [5, 5.41) is 13.8. The number of amides is 3. The van der Waals surface area contributed by atoms with Gasteiger partial charge in [0, 0.05) is 13.6 Å². The van der Waals surface area contributed by atoms with E-state index in [1.807, 2.05) is 0 Å². The van der Waals surface area contributed by atoms with E-state index in [9.17, 15) is 19.5 Å².